The van der Waals surface area contributed by atoms with E-state index in [1.807, 2.05) is 0 Å². The molecule has 0 saturated carbocycles. The van der Waals surface area contributed by atoms with Crippen molar-refractivity contribution in [1.82, 2.24) is 0 Å². The smallest absolute Gasteiger partial charge is 0.262 e. The van der Waals surface area contributed by atoms with Crippen molar-refractivity contribution < 1.29 is 14.3 Å². The van der Waals surface area contributed by atoms with Crippen LogP contribution < -0.4 is 20.5 Å². The van der Waals surface area contributed by atoms with E-state index >= 15 is 0 Å². The van der Waals surface area contributed by atoms with E-state index in [0.29, 0.717) is 22.9 Å². The fourth-order valence-corrected chi connectivity index (χ4v) is 1.97. The number of ether oxygens (including phenoxy) is 2. The third-order valence-corrected chi connectivity index (χ3v) is 3.39. The second kappa shape index (κ2) is 6.99. The van der Waals surface area contributed by atoms with Crippen LogP contribution in [0.25, 0.3) is 0 Å². The average Bonchev–Trinajstić information content (AvgIpc) is 2.49. The van der Waals surface area contributed by atoms with Gasteiger partial charge in [0.2, 0.25) is 0 Å². The van der Waals surface area contributed by atoms with Crippen LogP contribution in [-0.2, 0) is 4.79 Å². The van der Waals surface area contributed by atoms with E-state index in [9.17, 15) is 4.79 Å². The summed E-state index contributed by atoms with van der Waals surface area (Å²) in [7, 11) is 1.57. The Balaban J connectivity index is 1.94. The maximum absolute atomic E-state index is 11.9. The molecule has 110 valence electrons. The molecule has 0 saturated heterocycles. The number of halogens is 1. The summed E-state index contributed by atoms with van der Waals surface area (Å²) in [5, 5.41) is 2.75. The molecule has 2 aromatic rings. The number of nitrogen functional groups attached to an aromatic ring is 1. The lowest BCUT2D eigenvalue weighted by Gasteiger charge is -2.10. The summed E-state index contributed by atoms with van der Waals surface area (Å²) in [6.07, 6.45) is 0. The van der Waals surface area contributed by atoms with Gasteiger partial charge >= 0.3 is 0 Å². The molecule has 0 aliphatic heterocycles. The van der Waals surface area contributed by atoms with Crippen molar-refractivity contribution in [2.75, 3.05) is 24.8 Å². The number of nitrogens with two attached hydrogens (primary N) is 1. The zero-order chi connectivity index (χ0) is 15.2. The standard InChI is InChI=1S/C15H15BrN2O3/c1-20-12-6-7-13(16)14(8-12)18-15(19)9-21-11-4-2-10(17)3-5-11/h2-8H,9,17H2,1H3,(H,18,19). The lowest BCUT2D eigenvalue weighted by Crippen LogP contribution is -2.20. The summed E-state index contributed by atoms with van der Waals surface area (Å²) < 4.78 is 11.3. The number of carbonyl (C=O) groups is 1. The molecule has 0 aromatic heterocycles. The molecule has 5 nitrogen and oxygen atoms in total. The Bertz CT molecular complexity index is 629. The number of rotatable bonds is 5. The number of hydrogen-bond donors (Lipinski definition) is 2. The molecule has 6 heteroatoms. The highest BCUT2D eigenvalue weighted by molar-refractivity contribution is 9.10. The highest BCUT2D eigenvalue weighted by Gasteiger charge is 2.08. The van der Waals surface area contributed by atoms with Crippen molar-refractivity contribution in [1.29, 1.82) is 0 Å². The van der Waals surface area contributed by atoms with Gasteiger partial charge in [-0.1, -0.05) is 0 Å². The van der Waals surface area contributed by atoms with E-state index in [4.69, 9.17) is 15.2 Å². The molecule has 3 N–H and O–H groups in total. The van der Waals surface area contributed by atoms with Gasteiger partial charge in [0.15, 0.2) is 6.61 Å². The first-order valence-corrected chi connectivity index (χ1v) is 6.99. The Kier molecular flexibility index (Phi) is 5.05. The number of anilines is 2. The van der Waals surface area contributed by atoms with Crippen LogP contribution in [0.5, 0.6) is 11.5 Å². The average molecular weight is 351 g/mol. The van der Waals surface area contributed by atoms with E-state index < -0.39 is 0 Å². The lowest BCUT2D eigenvalue weighted by atomic mass is 10.3. The van der Waals surface area contributed by atoms with Gasteiger partial charge < -0.3 is 20.5 Å². The maximum Gasteiger partial charge on any atom is 0.262 e. The fourth-order valence-electron chi connectivity index (χ4n) is 1.63. The van der Waals surface area contributed by atoms with E-state index in [-0.39, 0.29) is 12.5 Å². The second-order valence-electron chi connectivity index (χ2n) is 4.25. The molecular weight excluding hydrogens is 336 g/mol. The molecule has 0 spiro atoms. The topological polar surface area (TPSA) is 73.6 Å². The third kappa shape index (κ3) is 4.39. The van der Waals surface area contributed by atoms with E-state index in [1.54, 1.807) is 49.6 Å². The predicted molar refractivity (Wildman–Crippen MR) is 85.7 cm³/mol. The Morgan fingerprint density at radius 3 is 2.52 bits per heavy atom. The number of nitrogens with one attached hydrogen (secondary N) is 1. The molecule has 0 aliphatic carbocycles. The summed E-state index contributed by atoms with van der Waals surface area (Å²) in [5.74, 6) is 0.984. The van der Waals surface area contributed by atoms with Gasteiger partial charge in [0.05, 0.1) is 12.8 Å². The minimum atomic E-state index is -0.263. The Morgan fingerprint density at radius 1 is 1.19 bits per heavy atom. The van der Waals surface area contributed by atoms with E-state index in [0.717, 1.165) is 4.47 Å². The largest absolute Gasteiger partial charge is 0.497 e. The zero-order valence-corrected chi connectivity index (χ0v) is 13.0. The van der Waals surface area contributed by atoms with Crippen LogP contribution in [0, 0.1) is 0 Å². The normalized spacial score (nSPS) is 10.0. The first-order valence-electron chi connectivity index (χ1n) is 6.20. The third-order valence-electron chi connectivity index (χ3n) is 2.70. The Labute approximate surface area is 131 Å². The number of amides is 1. The zero-order valence-electron chi connectivity index (χ0n) is 11.4. The first-order chi connectivity index (χ1) is 10.1. The first kappa shape index (κ1) is 15.2. The predicted octanol–water partition coefficient (Wildman–Crippen LogP) is 3.06. The van der Waals surface area contributed by atoms with Crippen LogP contribution in [-0.4, -0.2) is 19.6 Å². The van der Waals surface area contributed by atoms with Gasteiger partial charge in [0.25, 0.3) is 5.91 Å². The van der Waals surface area contributed by atoms with Crippen LogP contribution in [0.15, 0.2) is 46.9 Å². The van der Waals surface area contributed by atoms with Gasteiger partial charge in [-0.25, -0.2) is 0 Å². The fraction of sp³-hybridized carbons (Fsp3) is 0.133. The van der Waals surface area contributed by atoms with Gasteiger partial charge in [-0.3, -0.25) is 4.79 Å². The molecule has 21 heavy (non-hydrogen) atoms. The van der Waals surface area contributed by atoms with Crippen LogP contribution in [0.2, 0.25) is 0 Å². The summed E-state index contributed by atoms with van der Waals surface area (Å²) in [4.78, 5) is 11.9. The number of methoxy groups -OCH3 is 1. The maximum atomic E-state index is 11.9. The SMILES string of the molecule is COc1ccc(Br)c(NC(=O)COc2ccc(N)cc2)c1. The van der Waals surface area contributed by atoms with Gasteiger partial charge in [-0.05, 0) is 52.3 Å². The monoisotopic (exact) mass is 350 g/mol. The van der Waals surface area contributed by atoms with Gasteiger partial charge in [0, 0.05) is 16.2 Å². The summed E-state index contributed by atoms with van der Waals surface area (Å²) in [5.41, 5.74) is 6.85. The highest BCUT2D eigenvalue weighted by Crippen LogP contribution is 2.27. The quantitative estimate of drug-likeness (QED) is 0.812. The van der Waals surface area contributed by atoms with E-state index in [2.05, 4.69) is 21.2 Å². The molecule has 0 fully saturated rings. The van der Waals surface area contributed by atoms with Crippen molar-refractivity contribution >= 4 is 33.2 Å². The van der Waals surface area contributed by atoms with Crippen LogP contribution >= 0.6 is 15.9 Å². The Morgan fingerprint density at radius 2 is 1.86 bits per heavy atom. The molecule has 0 bridgehead atoms. The molecule has 0 heterocycles. The second-order valence-corrected chi connectivity index (χ2v) is 5.11. The van der Waals surface area contributed by atoms with Crippen molar-refractivity contribution in [2.24, 2.45) is 0 Å². The van der Waals surface area contributed by atoms with Gasteiger partial charge in [-0.2, -0.15) is 0 Å². The molecule has 1 amide bonds. The molecule has 0 unspecified atom stereocenters. The van der Waals surface area contributed by atoms with Crippen molar-refractivity contribution in [3.8, 4) is 11.5 Å². The Hall–Kier alpha value is -2.21. The van der Waals surface area contributed by atoms with E-state index in [1.165, 1.54) is 0 Å². The summed E-state index contributed by atoms with van der Waals surface area (Å²) in [6.45, 7) is -0.0897. The van der Waals surface area contributed by atoms with Crippen molar-refractivity contribution in [3.05, 3.63) is 46.9 Å². The van der Waals surface area contributed by atoms with Crippen molar-refractivity contribution in [2.45, 2.75) is 0 Å². The van der Waals surface area contributed by atoms with Gasteiger partial charge in [-0.15, -0.1) is 0 Å². The highest BCUT2D eigenvalue weighted by atomic mass is 79.9. The van der Waals surface area contributed by atoms with Crippen LogP contribution in [0.1, 0.15) is 0 Å². The molecule has 0 aliphatic rings. The van der Waals surface area contributed by atoms with Crippen molar-refractivity contribution in [3.63, 3.8) is 0 Å². The number of benzene rings is 2. The van der Waals surface area contributed by atoms with Gasteiger partial charge in [0.1, 0.15) is 11.5 Å². The number of carbonyl (C=O) groups excluding carboxylic acids is 1. The molecule has 2 rings (SSSR count). The summed E-state index contributed by atoms with van der Waals surface area (Å²) >= 11 is 3.37. The minimum Gasteiger partial charge on any atom is -0.497 e. The molecule has 2 aromatic carbocycles. The number of hydrogen-bond acceptors (Lipinski definition) is 4. The molecule has 0 radical (unpaired) electrons. The van der Waals surface area contributed by atoms with Crippen LogP contribution in [0.3, 0.4) is 0 Å². The molecule has 0 atom stereocenters. The lowest BCUT2D eigenvalue weighted by molar-refractivity contribution is -0.118. The summed E-state index contributed by atoms with van der Waals surface area (Å²) in [6, 6.07) is 12.2. The van der Waals surface area contributed by atoms with Crippen LogP contribution in [0.4, 0.5) is 11.4 Å². The minimum absolute atomic E-state index is 0.0897. The molecular formula is C15H15BrN2O3.